The number of benzene rings is 3. The van der Waals surface area contributed by atoms with Crippen LogP contribution in [0.4, 0.5) is 10.8 Å². The molecule has 0 aliphatic heterocycles. The number of nitrogens with zero attached hydrogens (tertiary/aromatic N) is 3. The van der Waals surface area contributed by atoms with Gasteiger partial charge in [-0.15, -0.1) is 0 Å². The Morgan fingerprint density at radius 3 is 2.22 bits per heavy atom. The summed E-state index contributed by atoms with van der Waals surface area (Å²) >= 11 is 13.9. The van der Waals surface area contributed by atoms with Gasteiger partial charge in [0.15, 0.2) is 0 Å². The van der Waals surface area contributed by atoms with Gasteiger partial charge in [-0.1, -0.05) is 71.8 Å². The van der Waals surface area contributed by atoms with Gasteiger partial charge < -0.3 is 0 Å². The molecule has 0 bridgehead atoms. The van der Waals surface area contributed by atoms with E-state index in [1.54, 1.807) is 36.5 Å². The van der Waals surface area contributed by atoms with Crippen LogP contribution in [0.15, 0.2) is 71.7 Å². The molecule has 0 aliphatic rings. The SMILES string of the molecule is CCc1ccc(-c2nc(N=Cc3c(Cl)cccc3Cl)sc2-c2ccc([N+](=O)[O-])cc2)cc1. The van der Waals surface area contributed by atoms with Crippen molar-refractivity contribution in [2.45, 2.75) is 13.3 Å². The first-order valence-electron chi connectivity index (χ1n) is 9.79. The van der Waals surface area contributed by atoms with Gasteiger partial charge in [-0.05, 0) is 41.8 Å². The smallest absolute Gasteiger partial charge is 0.258 e. The number of thiazole rings is 1. The quantitative estimate of drug-likeness (QED) is 0.159. The van der Waals surface area contributed by atoms with Gasteiger partial charge in [0.1, 0.15) is 0 Å². The highest BCUT2D eigenvalue weighted by atomic mass is 35.5. The third-order valence-corrected chi connectivity index (χ3v) is 6.57. The number of aliphatic imine (C=N–C) groups is 1. The molecule has 1 aromatic heterocycles. The van der Waals surface area contributed by atoms with Crippen molar-refractivity contribution in [3.05, 3.63) is 98.0 Å². The van der Waals surface area contributed by atoms with Gasteiger partial charge in [0.05, 0.1) is 25.5 Å². The molecular weight excluding hydrogens is 465 g/mol. The molecular formula is C24H17Cl2N3O2S. The summed E-state index contributed by atoms with van der Waals surface area (Å²) in [6, 6.07) is 19.9. The lowest BCUT2D eigenvalue weighted by Crippen LogP contribution is -1.88. The van der Waals surface area contributed by atoms with E-state index >= 15 is 0 Å². The minimum Gasteiger partial charge on any atom is -0.258 e. The third kappa shape index (κ3) is 4.72. The fourth-order valence-corrected chi connectivity index (χ4v) is 4.58. The van der Waals surface area contributed by atoms with Crippen LogP contribution in [-0.2, 0) is 6.42 Å². The molecule has 0 saturated carbocycles. The number of hydrogen-bond acceptors (Lipinski definition) is 5. The van der Waals surface area contributed by atoms with Crippen molar-refractivity contribution in [3.8, 4) is 21.7 Å². The lowest BCUT2D eigenvalue weighted by molar-refractivity contribution is -0.384. The predicted molar refractivity (Wildman–Crippen MR) is 133 cm³/mol. The Morgan fingerprint density at radius 1 is 1.00 bits per heavy atom. The summed E-state index contributed by atoms with van der Waals surface area (Å²) in [6.07, 6.45) is 2.55. The third-order valence-electron chi connectivity index (χ3n) is 4.90. The number of non-ortho nitro benzene ring substituents is 1. The number of halogens is 2. The van der Waals surface area contributed by atoms with E-state index in [1.807, 2.05) is 12.1 Å². The van der Waals surface area contributed by atoms with Gasteiger partial charge in [-0.25, -0.2) is 9.98 Å². The Hall–Kier alpha value is -3.06. The van der Waals surface area contributed by atoms with Crippen LogP contribution in [0.5, 0.6) is 0 Å². The number of nitro groups is 1. The average molecular weight is 482 g/mol. The highest BCUT2D eigenvalue weighted by molar-refractivity contribution is 7.19. The van der Waals surface area contributed by atoms with Gasteiger partial charge in [0.25, 0.3) is 5.69 Å². The van der Waals surface area contributed by atoms with Crippen molar-refractivity contribution in [1.82, 2.24) is 4.98 Å². The molecule has 4 aromatic rings. The number of aryl methyl sites for hydroxylation is 1. The average Bonchev–Trinajstić information content (AvgIpc) is 3.23. The Balaban J connectivity index is 1.79. The van der Waals surface area contributed by atoms with Crippen molar-refractivity contribution in [2.75, 3.05) is 0 Å². The second-order valence-electron chi connectivity index (χ2n) is 6.92. The summed E-state index contributed by atoms with van der Waals surface area (Å²) in [5.41, 5.74) is 4.44. The van der Waals surface area contributed by atoms with Crippen LogP contribution in [0.3, 0.4) is 0 Å². The molecule has 0 aliphatic carbocycles. The van der Waals surface area contributed by atoms with Crippen molar-refractivity contribution in [3.63, 3.8) is 0 Å². The van der Waals surface area contributed by atoms with Gasteiger partial charge in [0.2, 0.25) is 5.13 Å². The summed E-state index contributed by atoms with van der Waals surface area (Å²) < 4.78 is 0. The van der Waals surface area contributed by atoms with Crippen LogP contribution in [0, 0.1) is 10.1 Å². The maximum Gasteiger partial charge on any atom is 0.269 e. The summed E-state index contributed by atoms with van der Waals surface area (Å²) in [7, 11) is 0. The minimum absolute atomic E-state index is 0.0405. The molecule has 5 nitrogen and oxygen atoms in total. The van der Waals surface area contributed by atoms with Crippen molar-refractivity contribution in [1.29, 1.82) is 0 Å². The molecule has 0 amide bonds. The van der Waals surface area contributed by atoms with Crippen LogP contribution < -0.4 is 0 Å². The topological polar surface area (TPSA) is 68.4 Å². The zero-order chi connectivity index (χ0) is 22.7. The molecule has 0 unspecified atom stereocenters. The zero-order valence-corrected chi connectivity index (χ0v) is 19.3. The Kier molecular flexibility index (Phi) is 6.65. The molecule has 32 heavy (non-hydrogen) atoms. The number of nitro benzene ring substituents is 1. The summed E-state index contributed by atoms with van der Waals surface area (Å²) in [4.78, 5) is 20.8. The lowest BCUT2D eigenvalue weighted by atomic mass is 10.0. The molecule has 160 valence electrons. The molecule has 1 heterocycles. The van der Waals surface area contributed by atoms with Crippen molar-refractivity contribution >= 4 is 51.6 Å². The van der Waals surface area contributed by atoms with E-state index in [9.17, 15) is 10.1 Å². The van der Waals surface area contributed by atoms with Gasteiger partial charge in [0, 0.05) is 29.5 Å². The molecule has 0 fully saturated rings. The fraction of sp³-hybridized carbons (Fsp3) is 0.0833. The van der Waals surface area contributed by atoms with E-state index in [0.717, 1.165) is 28.1 Å². The van der Waals surface area contributed by atoms with E-state index in [4.69, 9.17) is 28.2 Å². The monoisotopic (exact) mass is 481 g/mol. The van der Waals surface area contributed by atoms with Gasteiger partial charge in [-0.2, -0.15) is 0 Å². The molecule has 0 radical (unpaired) electrons. The van der Waals surface area contributed by atoms with Gasteiger partial charge >= 0.3 is 0 Å². The summed E-state index contributed by atoms with van der Waals surface area (Å²) in [5, 5.41) is 12.6. The van der Waals surface area contributed by atoms with Crippen LogP contribution in [0.1, 0.15) is 18.1 Å². The molecule has 8 heteroatoms. The molecule has 3 aromatic carbocycles. The Labute approximate surface area is 199 Å². The first kappa shape index (κ1) is 22.1. The van der Waals surface area contributed by atoms with Crippen molar-refractivity contribution in [2.24, 2.45) is 4.99 Å². The number of hydrogen-bond donors (Lipinski definition) is 0. The van der Waals surface area contributed by atoms with Crippen molar-refractivity contribution < 1.29 is 4.92 Å². The van der Waals surface area contributed by atoms with Gasteiger partial charge in [-0.3, -0.25) is 10.1 Å². The largest absolute Gasteiger partial charge is 0.269 e. The molecule has 0 N–H and O–H groups in total. The van der Waals surface area contributed by atoms with E-state index in [1.165, 1.54) is 29.0 Å². The van der Waals surface area contributed by atoms with Crippen LogP contribution in [-0.4, -0.2) is 16.1 Å². The second kappa shape index (κ2) is 9.61. The van der Waals surface area contributed by atoms with E-state index < -0.39 is 4.92 Å². The second-order valence-corrected chi connectivity index (χ2v) is 8.71. The first-order chi connectivity index (χ1) is 15.5. The summed E-state index contributed by atoms with van der Waals surface area (Å²) in [6.45, 7) is 2.10. The number of aromatic nitrogens is 1. The number of rotatable bonds is 6. The maximum absolute atomic E-state index is 11.0. The Morgan fingerprint density at radius 2 is 1.62 bits per heavy atom. The first-order valence-corrected chi connectivity index (χ1v) is 11.4. The molecule has 0 spiro atoms. The normalized spacial score (nSPS) is 11.2. The lowest BCUT2D eigenvalue weighted by Gasteiger charge is -2.04. The van der Waals surface area contributed by atoms with Crippen LogP contribution >= 0.6 is 34.5 Å². The Bertz CT molecular complexity index is 1280. The molecule has 4 rings (SSSR count). The fourth-order valence-electron chi connectivity index (χ4n) is 3.14. The molecule has 0 saturated heterocycles. The maximum atomic E-state index is 11.0. The van der Waals surface area contributed by atoms with E-state index in [-0.39, 0.29) is 5.69 Å². The molecule has 0 atom stereocenters. The minimum atomic E-state index is -0.413. The highest BCUT2D eigenvalue weighted by Gasteiger charge is 2.16. The van der Waals surface area contributed by atoms with E-state index in [2.05, 4.69) is 24.0 Å². The predicted octanol–water partition coefficient (Wildman–Crippen LogP) is 8.01. The van der Waals surface area contributed by atoms with Crippen LogP contribution in [0.2, 0.25) is 10.0 Å². The summed E-state index contributed by atoms with van der Waals surface area (Å²) in [5.74, 6) is 0. The van der Waals surface area contributed by atoms with Crippen LogP contribution in [0.25, 0.3) is 21.7 Å². The van der Waals surface area contributed by atoms with E-state index in [0.29, 0.717) is 20.7 Å². The standard InChI is InChI=1S/C24H17Cl2N3O2S/c1-2-15-6-8-16(9-7-15)22-23(17-10-12-18(13-11-17)29(30)31)32-24(28-22)27-14-19-20(25)4-3-5-21(19)26/h3-14H,2H2,1H3. The zero-order valence-electron chi connectivity index (χ0n) is 17.0. The highest BCUT2D eigenvalue weighted by Crippen LogP contribution is 2.40.